The highest BCUT2D eigenvalue weighted by Crippen LogP contribution is 2.27. The van der Waals surface area contributed by atoms with E-state index in [0.29, 0.717) is 19.0 Å². The van der Waals surface area contributed by atoms with Gasteiger partial charge in [-0.1, -0.05) is 6.92 Å². The fourth-order valence-electron chi connectivity index (χ4n) is 1.87. The van der Waals surface area contributed by atoms with Crippen molar-refractivity contribution in [3.8, 4) is 0 Å². The topological polar surface area (TPSA) is 122 Å². The van der Waals surface area contributed by atoms with Crippen LogP contribution in [0.3, 0.4) is 0 Å². The Kier molecular flexibility index (Phi) is 6.00. The Morgan fingerprint density at radius 3 is 2.67 bits per heavy atom. The number of nitrogen functional groups attached to an aromatic ring is 1. The van der Waals surface area contributed by atoms with Crippen LogP contribution >= 0.6 is 0 Å². The van der Waals surface area contributed by atoms with Crippen LogP contribution in [0, 0.1) is 15.9 Å². The van der Waals surface area contributed by atoms with Crippen LogP contribution in [0.5, 0.6) is 0 Å². The molecule has 4 N–H and O–H groups in total. The molecule has 1 aromatic carbocycles. The van der Waals surface area contributed by atoms with Gasteiger partial charge in [-0.3, -0.25) is 20.8 Å². The summed E-state index contributed by atoms with van der Waals surface area (Å²) in [6.45, 7) is 1.90. The maximum Gasteiger partial charge on any atom is 0.285 e. The molecule has 0 atom stereocenters. The van der Waals surface area contributed by atoms with Gasteiger partial charge in [-0.25, -0.2) is 4.39 Å². The van der Waals surface area contributed by atoms with E-state index in [1.165, 1.54) is 4.90 Å². The standard InChI is InChI=1S/C12H17FN4O4/c1-2-3-16(4-5-18)12(19)8-6-10(15-14)9(13)7-11(8)17(20)21/h6-7,15,18H,2-5,14H2,1H3. The van der Waals surface area contributed by atoms with Crippen LogP contribution in [-0.2, 0) is 0 Å². The summed E-state index contributed by atoms with van der Waals surface area (Å²) in [7, 11) is 0. The fraction of sp³-hybridized carbons (Fsp3) is 0.417. The van der Waals surface area contributed by atoms with E-state index in [1.54, 1.807) is 0 Å². The Balaban J connectivity index is 3.31. The number of rotatable bonds is 7. The summed E-state index contributed by atoms with van der Waals surface area (Å²) in [5.41, 5.74) is 0.899. The zero-order valence-corrected chi connectivity index (χ0v) is 11.5. The lowest BCUT2D eigenvalue weighted by Gasteiger charge is -2.21. The molecule has 0 fully saturated rings. The van der Waals surface area contributed by atoms with Gasteiger partial charge in [-0.15, -0.1) is 0 Å². The van der Waals surface area contributed by atoms with Gasteiger partial charge in [0.1, 0.15) is 5.56 Å². The molecule has 0 saturated carbocycles. The summed E-state index contributed by atoms with van der Waals surface area (Å²) in [5.74, 6) is 3.53. The first-order valence-electron chi connectivity index (χ1n) is 6.30. The zero-order chi connectivity index (χ0) is 16.0. The Morgan fingerprint density at radius 1 is 1.52 bits per heavy atom. The van der Waals surface area contributed by atoms with Crippen molar-refractivity contribution in [1.29, 1.82) is 0 Å². The maximum atomic E-state index is 13.5. The lowest BCUT2D eigenvalue weighted by Crippen LogP contribution is -2.34. The number of hydrogen-bond acceptors (Lipinski definition) is 6. The maximum absolute atomic E-state index is 13.5. The van der Waals surface area contributed by atoms with Crippen LogP contribution < -0.4 is 11.3 Å². The number of nitro benzene ring substituents is 1. The largest absolute Gasteiger partial charge is 0.395 e. The van der Waals surface area contributed by atoms with Gasteiger partial charge in [-0.2, -0.15) is 0 Å². The first-order valence-corrected chi connectivity index (χ1v) is 6.30. The van der Waals surface area contributed by atoms with Gasteiger partial charge in [-0.05, 0) is 12.5 Å². The number of nitrogens with one attached hydrogen (secondary N) is 1. The number of carbonyl (C=O) groups excluding carboxylic acids is 1. The molecule has 0 aliphatic carbocycles. The van der Waals surface area contributed by atoms with Crippen molar-refractivity contribution in [3.63, 3.8) is 0 Å². The Hall–Kier alpha value is -2.26. The van der Waals surface area contributed by atoms with E-state index in [-0.39, 0.29) is 24.4 Å². The molecule has 0 radical (unpaired) electrons. The first kappa shape index (κ1) is 16.8. The summed E-state index contributed by atoms with van der Waals surface area (Å²) in [5, 5.41) is 19.9. The second-order valence-corrected chi connectivity index (χ2v) is 4.27. The number of anilines is 1. The minimum Gasteiger partial charge on any atom is -0.395 e. The summed E-state index contributed by atoms with van der Waals surface area (Å²) in [4.78, 5) is 23.8. The number of nitrogens with two attached hydrogens (primary N) is 1. The molecule has 21 heavy (non-hydrogen) atoms. The highest BCUT2D eigenvalue weighted by atomic mass is 19.1. The molecule has 116 valence electrons. The van der Waals surface area contributed by atoms with Gasteiger partial charge in [0.15, 0.2) is 5.82 Å². The van der Waals surface area contributed by atoms with Crippen LogP contribution in [0.15, 0.2) is 12.1 Å². The molecule has 1 aromatic rings. The molecule has 0 spiro atoms. The van der Waals surface area contributed by atoms with Crippen LogP contribution in [0.2, 0.25) is 0 Å². The number of aliphatic hydroxyl groups excluding tert-OH is 1. The van der Waals surface area contributed by atoms with Crippen molar-refractivity contribution in [2.45, 2.75) is 13.3 Å². The van der Waals surface area contributed by atoms with E-state index in [9.17, 15) is 19.3 Å². The smallest absolute Gasteiger partial charge is 0.285 e. The minimum absolute atomic E-state index is 0.0343. The number of carbonyl (C=O) groups is 1. The monoisotopic (exact) mass is 300 g/mol. The third kappa shape index (κ3) is 3.86. The molecule has 1 rings (SSSR count). The predicted molar refractivity (Wildman–Crippen MR) is 74.1 cm³/mol. The van der Waals surface area contributed by atoms with Crippen LogP contribution in [-0.4, -0.2) is 40.5 Å². The molecule has 0 bridgehead atoms. The average molecular weight is 300 g/mol. The molecule has 0 heterocycles. The summed E-state index contributed by atoms with van der Waals surface area (Å²) >= 11 is 0. The van der Waals surface area contributed by atoms with E-state index in [4.69, 9.17) is 10.9 Å². The lowest BCUT2D eigenvalue weighted by atomic mass is 10.1. The van der Waals surface area contributed by atoms with Crippen molar-refractivity contribution in [1.82, 2.24) is 4.90 Å². The van der Waals surface area contributed by atoms with Gasteiger partial charge < -0.3 is 15.4 Å². The van der Waals surface area contributed by atoms with Gasteiger partial charge in [0, 0.05) is 13.1 Å². The second kappa shape index (κ2) is 7.50. The van der Waals surface area contributed by atoms with Crippen molar-refractivity contribution in [2.24, 2.45) is 5.84 Å². The van der Waals surface area contributed by atoms with E-state index >= 15 is 0 Å². The molecule has 0 aromatic heterocycles. The zero-order valence-electron chi connectivity index (χ0n) is 11.5. The van der Waals surface area contributed by atoms with Crippen molar-refractivity contribution in [3.05, 3.63) is 33.6 Å². The van der Waals surface area contributed by atoms with Crippen LogP contribution in [0.25, 0.3) is 0 Å². The summed E-state index contributed by atoms with van der Waals surface area (Å²) < 4.78 is 13.5. The molecule has 0 saturated heterocycles. The Bertz CT molecular complexity index is 532. The number of hydrogen-bond donors (Lipinski definition) is 3. The quantitative estimate of drug-likeness (QED) is 0.390. The predicted octanol–water partition coefficient (Wildman–Crippen LogP) is 0.864. The van der Waals surface area contributed by atoms with E-state index in [0.717, 1.165) is 6.07 Å². The Morgan fingerprint density at radius 2 is 2.19 bits per heavy atom. The Labute approximate surface area is 120 Å². The normalized spacial score (nSPS) is 10.3. The number of benzene rings is 1. The number of nitrogens with zero attached hydrogens (tertiary/aromatic N) is 2. The number of aliphatic hydroxyl groups is 1. The van der Waals surface area contributed by atoms with E-state index in [1.807, 2.05) is 12.3 Å². The molecule has 0 unspecified atom stereocenters. The van der Waals surface area contributed by atoms with Gasteiger partial charge in [0.25, 0.3) is 11.6 Å². The van der Waals surface area contributed by atoms with Gasteiger partial charge in [0.2, 0.25) is 0 Å². The summed E-state index contributed by atoms with van der Waals surface area (Å²) in [6.07, 6.45) is 0.614. The fourth-order valence-corrected chi connectivity index (χ4v) is 1.87. The molecular weight excluding hydrogens is 283 g/mol. The van der Waals surface area contributed by atoms with E-state index in [2.05, 4.69) is 0 Å². The lowest BCUT2D eigenvalue weighted by molar-refractivity contribution is -0.385. The number of amides is 1. The average Bonchev–Trinajstić information content (AvgIpc) is 2.45. The van der Waals surface area contributed by atoms with Crippen LogP contribution in [0.1, 0.15) is 23.7 Å². The SMILES string of the molecule is CCCN(CCO)C(=O)c1cc(NN)c(F)cc1[N+](=O)[O-]. The van der Waals surface area contributed by atoms with Crippen molar-refractivity contribution >= 4 is 17.3 Å². The minimum atomic E-state index is -0.926. The van der Waals surface area contributed by atoms with Crippen molar-refractivity contribution < 1.29 is 19.2 Å². The van der Waals surface area contributed by atoms with Gasteiger partial charge in [0.05, 0.1) is 23.3 Å². The molecule has 1 amide bonds. The third-order valence-corrected chi connectivity index (χ3v) is 2.82. The number of hydrazine groups is 1. The van der Waals surface area contributed by atoms with Crippen molar-refractivity contribution in [2.75, 3.05) is 25.1 Å². The molecule has 0 aliphatic heterocycles. The molecule has 8 nitrogen and oxygen atoms in total. The van der Waals surface area contributed by atoms with Crippen LogP contribution in [0.4, 0.5) is 15.8 Å². The first-order chi connectivity index (χ1) is 9.96. The summed E-state index contributed by atoms with van der Waals surface area (Å²) in [6, 6.07) is 1.64. The number of halogens is 1. The van der Waals surface area contributed by atoms with Gasteiger partial charge >= 0.3 is 0 Å². The third-order valence-electron chi connectivity index (χ3n) is 2.82. The second-order valence-electron chi connectivity index (χ2n) is 4.27. The number of nitro groups is 1. The highest BCUT2D eigenvalue weighted by Gasteiger charge is 2.26. The molecular formula is C12H17FN4O4. The molecule has 0 aliphatic rings. The van der Waals surface area contributed by atoms with E-state index < -0.39 is 22.3 Å². The molecule has 9 heteroatoms. The highest BCUT2D eigenvalue weighted by molar-refractivity contribution is 5.99.